The van der Waals surface area contributed by atoms with E-state index in [0.29, 0.717) is 0 Å². The number of nitrogens with two attached hydrogens (primary N) is 1. The largest absolute Gasteiger partial charge is 0.458 e. The summed E-state index contributed by atoms with van der Waals surface area (Å²) in [7, 11) is 0. The highest BCUT2D eigenvalue weighted by atomic mass is 19.1. The number of ether oxygens (including phenoxy) is 1. The van der Waals surface area contributed by atoms with Gasteiger partial charge in [0.15, 0.2) is 0 Å². The second kappa shape index (κ2) is 4.50. The van der Waals surface area contributed by atoms with Gasteiger partial charge in [0.25, 0.3) is 0 Å². The highest BCUT2D eigenvalue weighted by Gasteiger charge is 2.29. The minimum Gasteiger partial charge on any atom is -0.458 e. The van der Waals surface area contributed by atoms with Crippen LogP contribution in [0.15, 0.2) is 0 Å². The topological polar surface area (TPSA) is 52.3 Å². The van der Waals surface area contributed by atoms with Crippen molar-refractivity contribution in [3.8, 4) is 0 Å². The van der Waals surface area contributed by atoms with Gasteiger partial charge in [-0.05, 0) is 20.8 Å². The molecule has 13 heavy (non-hydrogen) atoms. The Morgan fingerprint density at radius 2 is 2.00 bits per heavy atom. The summed E-state index contributed by atoms with van der Waals surface area (Å²) in [5.41, 5.74) is 4.21. The Bertz CT molecular complexity index is 179. The summed E-state index contributed by atoms with van der Waals surface area (Å²) in [6.07, 6.45) is -2.09. The molecule has 0 rings (SSSR count). The number of halogens is 2. The van der Waals surface area contributed by atoms with Gasteiger partial charge < -0.3 is 10.5 Å². The van der Waals surface area contributed by atoms with Crippen LogP contribution in [0.1, 0.15) is 20.8 Å². The zero-order valence-electron chi connectivity index (χ0n) is 8.01. The zero-order valence-corrected chi connectivity index (χ0v) is 8.01. The van der Waals surface area contributed by atoms with Crippen molar-refractivity contribution in [2.24, 2.45) is 5.73 Å². The quantitative estimate of drug-likeness (QED) is 0.682. The molecule has 0 aliphatic heterocycles. The molecule has 2 N–H and O–H groups in total. The summed E-state index contributed by atoms with van der Waals surface area (Å²) in [4.78, 5) is 10.9. The number of carbonyl (C=O) groups excluding carboxylic acids is 1. The van der Waals surface area contributed by atoms with Crippen molar-refractivity contribution >= 4 is 5.97 Å². The van der Waals surface area contributed by atoms with E-state index in [2.05, 4.69) is 4.74 Å². The maximum absolute atomic E-state index is 12.9. The number of esters is 1. The molecule has 0 heterocycles. The van der Waals surface area contributed by atoms with Gasteiger partial charge in [-0.2, -0.15) is 0 Å². The van der Waals surface area contributed by atoms with E-state index < -0.39 is 30.5 Å². The minimum absolute atomic E-state index is 0.780. The van der Waals surface area contributed by atoms with Crippen LogP contribution in [0.25, 0.3) is 0 Å². The van der Waals surface area contributed by atoms with E-state index in [1.807, 2.05) is 0 Å². The number of rotatable bonds is 3. The van der Waals surface area contributed by atoms with Crippen molar-refractivity contribution in [3.05, 3.63) is 0 Å². The zero-order chi connectivity index (χ0) is 10.6. The molecular formula is C8H15F2NO2. The van der Waals surface area contributed by atoms with E-state index in [1.165, 1.54) is 0 Å². The van der Waals surface area contributed by atoms with Gasteiger partial charge >= 0.3 is 5.97 Å². The molecule has 2 unspecified atom stereocenters. The van der Waals surface area contributed by atoms with Crippen molar-refractivity contribution in [2.45, 2.75) is 38.6 Å². The van der Waals surface area contributed by atoms with Gasteiger partial charge in [0.05, 0.1) is 6.04 Å². The Hall–Kier alpha value is -0.710. The maximum Gasteiger partial charge on any atom is 0.343 e. The van der Waals surface area contributed by atoms with Crippen LogP contribution in [0.4, 0.5) is 8.78 Å². The van der Waals surface area contributed by atoms with Crippen LogP contribution in [-0.2, 0) is 9.53 Å². The first-order valence-electron chi connectivity index (χ1n) is 3.96. The van der Waals surface area contributed by atoms with Gasteiger partial charge in [0.2, 0.25) is 6.17 Å². The molecule has 0 aromatic heterocycles. The Labute approximate surface area is 76.2 Å². The lowest BCUT2D eigenvalue weighted by molar-refractivity contribution is -0.162. The van der Waals surface area contributed by atoms with Crippen LogP contribution in [0.5, 0.6) is 0 Å². The number of carbonyl (C=O) groups is 1. The Balaban J connectivity index is 4.12. The lowest BCUT2D eigenvalue weighted by Crippen LogP contribution is -2.42. The molecule has 0 spiro atoms. The van der Waals surface area contributed by atoms with E-state index in [9.17, 15) is 13.6 Å². The van der Waals surface area contributed by atoms with Gasteiger partial charge in [-0.15, -0.1) is 0 Å². The van der Waals surface area contributed by atoms with E-state index in [0.717, 1.165) is 0 Å². The van der Waals surface area contributed by atoms with Crippen LogP contribution in [0, 0.1) is 0 Å². The molecule has 0 saturated carbocycles. The van der Waals surface area contributed by atoms with Crippen LogP contribution in [0.3, 0.4) is 0 Å². The molecule has 2 atom stereocenters. The molecule has 0 fully saturated rings. The molecule has 0 aromatic carbocycles. The molecule has 0 saturated heterocycles. The van der Waals surface area contributed by atoms with Gasteiger partial charge in [0, 0.05) is 0 Å². The molecule has 0 amide bonds. The molecule has 3 nitrogen and oxygen atoms in total. The third-order valence-electron chi connectivity index (χ3n) is 1.19. The highest BCUT2D eigenvalue weighted by molar-refractivity contribution is 5.75. The van der Waals surface area contributed by atoms with Crippen molar-refractivity contribution in [3.63, 3.8) is 0 Å². The van der Waals surface area contributed by atoms with Crippen LogP contribution >= 0.6 is 0 Å². The first-order chi connectivity index (χ1) is 5.78. The lowest BCUT2D eigenvalue weighted by atomic mass is 10.1. The average Bonchev–Trinajstić information content (AvgIpc) is 1.98. The van der Waals surface area contributed by atoms with Crippen LogP contribution in [-0.4, -0.2) is 30.5 Å². The predicted molar refractivity (Wildman–Crippen MR) is 44.7 cm³/mol. The molecule has 0 aromatic rings. The van der Waals surface area contributed by atoms with Crippen molar-refractivity contribution in [1.29, 1.82) is 0 Å². The molecular weight excluding hydrogens is 180 g/mol. The fourth-order valence-electron chi connectivity index (χ4n) is 0.611. The smallest absolute Gasteiger partial charge is 0.343 e. The van der Waals surface area contributed by atoms with E-state index in [4.69, 9.17) is 5.73 Å². The summed E-state index contributed by atoms with van der Waals surface area (Å²) < 4.78 is 29.4. The van der Waals surface area contributed by atoms with Gasteiger partial charge in [0.1, 0.15) is 12.3 Å². The third-order valence-corrected chi connectivity index (χ3v) is 1.19. The average molecular weight is 195 g/mol. The molecule has 0 aliphatic rings. The van der Waals surface area contributed by atoms with Crippen molar-refractivity contribution in [2.75, 3.05) is 6.67 Å². The predicted octanol–water partition coefficient (Wildman–Crippen LogP) is 0.963. The van der Waals surface area contributed by atoms with E-state index in [1.54, 1.807) is 20.8 Å². The van der Waals surface area contributed by atoms with Gasteiger partial charge in [-0.25, -0.2) is 13.6 Å². The Morgan fingerprint density at radius 1 is 1.54 bits per heavy atom. The normalized spacial score (nSPS) is 16.5. The third kappa shape index (κ3) is 4.77. The molecule has 0 radical (unpaired) electrons. The molecule has 5 heteroatoms. The first kappa shape index (κ1) is 12.3. The Kier molecular flexibility index (Phi) is 4.26. The summed E-state index contributed by atoms with van der Waals surface area (Å²) in [5.74, 6) is -1.11. The molecule has 78 valence electrons. The summed E-state index contributed by atoms with van der Waals surface area (Å²) >= 11 is 0. The monoisotopic (exact) mass is 195 g/mol. The van der Waals surface area contributed by atoms with Gasteiger partial charge in [-0.3, -0.25) is 0 Å². The fourth-order valence-corrected chi connectivity index (χ4v) is 0.611. The summed E-state index contributed by atoms with van der Waals surface area (Å²) in [6.45, 7) is 3.70. The van der Waals surface area contributed by atoms with E-state index in [-0.39, 0.29) is 0 Å². The maximum atomic E-state index is 12.9. The standard InChI is InChI=1S/C8H15F2NO2/c1-8(2,3)13-7(12)6(10)5(11)4-9/h5-6H,4,11H2,1-3H3. The van der Waals surface area contributed by atoms with Crippen molar-refractivity contribution in [1.82, 2.24) is 0 Å². The summed E-state index contributed by atoms with van der Waals surface area (Å²) in [6, 6.07) is -1.44. The lowest BCUT2D eigenvalue weighted by Gasteiger charge is -2.22. The molecule has 0 aliphatic carbocycles. The number of alkyl halides is 2. The van der Waals surface area contributed by atoms with E-state index >= 15 is 0 Å². The van der Waals surface area contributed by atoms with Crippen molar-refractivity contribution < 1.29 is 18.3 Å². The summed E-state index contributed by atoms with van der Waals surface area (Å²) in [5, 5.41) is 0. The minimum atomic E-state index is -2.09. The van der Waals surface area contributed by atoms with Crippen LogP contribution in [0.2, 0.25) is 0 Å². The second-order valence-corrected chi connectivity index (χ2v) is 3.75. The van der Waals surface area contributed by atoms with Crippen LogP contribution < -0.4 is 5.73 Å². The number of hydrogen-bond donors (Lipinski definition) is 1. The van der Waals surface area contributed by atoms with Gasteiger partial charge in [-0.1, -0.05) is 0 Å². The highest BCUT2D eigenvalue weighted by Crippen LogP contribution is 2.11. The number of hydrogen-bond acceptors (Lipinski definition) is 3. The Morgan fingerprint density at radius 3 is 2.31 bits per heavy atom. The first-order valence-corrected chi connectivity index (χ1v) is 3.96. The molecule has 0 bridgehead atoms. The second-order valence-electron chi connectivity index (χ2n) is 3.75. The SMILES string of the molecule is CC(C)(C)OC(=O)C(F)C(N)CF. The fraction of sp³-hybridized carbons (Fsp3) is 0.875.